The van der Waals surface area contributed by atoms with Gasteiger partial charge in [-0.05, 0) is 60.7 Å². The first-order valence-electron chi connectivity index (χ1n) is 10.4. The van der Waals surface area contributed by atoms with Crippen LogP contribution in [0.25, 0.3) is 0 Å². The number of carbonyl (C=O) groups is 1. The summed E-state index contributed by atoms with van der Waals surface area (Å²) in [7, 11) is -2.00. The predicted octanol–water partition coefficient (Wildman–Crippen LogP) is 4.22. The number of benzene rings is 3. The maximum atomic E-state index is 13.1. The number of hydrogen-bond acceptors (Lipinski definition) is 5. The van der Waals surface area contributed by atoms with Gasteiger partial charge < -0.3 is 15.0 Å². The van der Waals surface area contributed by atoms with E-state index in [1.165, 1.54) is 16.4 Å². The summed E-state index contributed by atoms with van der Waals surface area (Å²) in [6, 6.07) is 21.0. The van der Waals surface area contributed by atoms with Crippen LogP contribution in [0.3, 0.4) is 0 Å². The van der Waals surface area contributed by atoms with Crippen molar-refractivity contribution in [3.8, 4) is 5.75 Å². The molecular formula is C24H24BrN3O4S. The molecule has 0 radical (unpaired) electrons. The maximum absolute atomic E-state index is 13.1. The molecule has 0 atom stereocenters. The third-order valence-corrected chi connectivity index (χ3v) is 7.96. The van der Waals surface area contributed by atoms with Gasteiger partial charge in [0, 0.05) is 41.9 Å². The van der Waals surface area contributed by atoms with Crippen LogP contribution in [0.5, 0.6) is 5.75 Å². The number of piperazine rings is 1. The van der Waals surface area contributed by atoms with Gasteiger partial charge >= 0.3 is 0 Å². The lowest BCUT2D eigenvalue weighted by molar-refractivity contribution is 0.102. The fourth-order valence-corrected chi connectivity index (χ4v) is 5.41. The van der Waals surface area contributed by atoms with Crippen molar-refractivity contribution in [2.75, 3.05) is 43.5 Å². The van der Waals surface area contributed by atoms with Crippen LogP contribution in [0.2, 0.25) is 0 Å². The summed E-state index contributed by atoms with van der Waals surface area (Å²) in [4.78, 5) is 14.7. The molecule has 172 valence electrons. The van der Waals surface area contributed by atoms with E-state index in [0.29, 0.717) is 37.4 Å². The highest BCUT2D eigenvalue weighted by atomic mass is 79.9. The lowest BCUT2D eigenvalue weighted by Gasteiger charge is -2.35. The van der Waals surface area contributed by atoms with Gasteiger partial charge in [-0.25, -0.2) is 8.42 Å². The summed E-state index contributed by atoms with van der Waals surface area (Å²) in [6.07, 6.45) is 0. The molecule has 1 aliphatic heterocycles. The number of nitrogens with one attached hydrogen (secondary N) is 1. The van der Waals surface area contributed by atoms with E-state index in [4.69, 9.17) is 4.74 Å². The Kier molecular flexibility index (Phi) is 7.02. The van der Waals surface area contributed by atoms with E-state index in [-0.39, 0.29) is 10.8 Å². The quantitative estimate of drug-likeness (QED) is 0.517. The lowest BCUT2D eigenvalue weighted by atomic mass is 10.2. The monoisotopic (exact) mass is 529 g/mol. The minimum atomic E-state index is -3.63. The van der Waals surface area contributed by atoms with Gasteiger partial charge in [0.05, 0.1) is 17.7 Å². The highest BCUT2D eigenvalue weighted by Gasteiger charge is 2.29. The molecule has 33 heavy (non-hydrogen) atoms. The van der Waals surface area contributed by atoms with Crippen molar-refractivity contribution < 1.29 is 17.9 Å². The number of amides is 1. The molecule has 1 amide bonds. The van der Waals surface area contributed by atoms with E-state index < -0.39 is 10.0 Å². The number of sulfonamides is 1. The smallest absolute Gasteiger partial charge is 0.255 e. The molecule has 0 bridgehead atoms. The summed E-state index contributed by atoms with van der Waals surface area (Å²) in [6.45, 7) is 1.90. The Bertz CT molecular complexity index is 1220. The first-order chi connectivity index (χ1) is 15.9. The molecule has 0 unspecified atom stereocenters. The molecule has 1 aliphatic rings. The molecule has 1 saturated heterocycles. The molecule has 0 aromatic heterocycles. The first-order valence-corrected chi connectivity index (χ1v) is 12.7. The van der Waals surface area contributed by atoms with Crippen molar-refractivity contribution in [1.29, 1.82) is 0 Å². The van der Waals surface area contributed by atoms with E-state index in [2.05, 4.69) is 26.1 Å². The summed E-state index contributed by atoms with van der Waals surface area (Å²) in [5.74, 6) is 0.514. The Balaban J connectivity index is 1.40. The number of nitrogens with zero attached hydrogens (tertiary/aromatic N) is 2. The molecule has 1 heterocycles. The van der Waals surface area contributed by atoms with Gasteiger partial charge in [-0.3, -0.25) is 4.79 Å². The van der Waals surface area contributed by atoms with Crippen molar-refractivity contribution in [2.24, 2.45) is 0 Å². The standard InChI is InChI=1S/C24H24BrN3O4S/c1-32-23-5-3-2-4-22(23)27-14-16-28(17-15-27)33(30,31)21-12-10-20(11-13-21)26-24(29)18-6-8-19(25)9-7-18/h2-13H,14-17H2,1H3,(H,26,29). The molecule has 7 nitrogen and oxygen atoms in total. The number of ether oxygens (including phenoxy) is 1. The van der Waals surface area contributed by atoms with Gasteiger partial charge in [-0.1, -0.05) is 28.1 Å². The SMILES string of the molecule is COc1ccccc1N1CCN(S(=O)(=O)c2ccc(NC(=O)c3ccc(Br)cc3)cc2)CC1. The molecule has 9 heteroatoms. The molecule has 3 aromatic carbocycles. The molecule has 1 N–H and O–H groups in total. The topological polar surface area (TPSA) is 79.0 Å². The van der Waals surface area contributed by atoms with Crippen molar-refractivity contribution in [3.05, 3.63) is 82.8 Å². The Morgan fingerprint density at radius 2 is 1.55 bits per heavy atom. The van der Waals surface area contributed by atoms with E-state index in [1.807, 2.05) is 24.3 Å². The Hall–Kier alpha value is -2.88. The zero-order valence-corrected chi connectivity index (χ0v) is 20.5. The molecule has 0 saturated carbocycles. The summed E-state index contributed by atoms with van der Waals surface area (Å²) < 4.78 is 34.1. The van der Waals surface area contributed by atoms with Crippen LogP contribution in [0, 0.1) is 0 Å². The summed E-state index contributed by atoms with van der Waals surface area (Å²) >= 11 is 3.34. The molecule has 0 spiro atoms. The van der Waals surface area contributed by atoms with Crippen LogP contribution >= 0.6 is 15.9 Å². The minimum absolute atomic E-state index is 0.204. The predicted molar refractivity (Wildman–Crippen MR) is 133 cm³/mol. The minimum Gasteiger partial charge on any atom is -0.495 e. The van der Waals surface area contributed by atoms with Gasteiger partial charge in [0.25, 0.3) is 5.91 Å². The lowest BCUT2D eigenvalue weighted by Crippen LogP contribution is -2.48. The van der Waals surface area contributed by atoms with Crippen molar-refractivity contribution >= 4 is 43.2 Å². The van der Waals surface area contributed by atoms with Crippen LogP contribution in [-0.4, -0.2) is 51.9 Å². The van der Waals surface area contributed by atoms with E-state index in [0.717, 1.165) is 15.9 Å². The van der Waals surface area contributed by atoms with Crippen LogP contribution in [-0.2, 0) is 10.0 Å². The van der Waals surface area contributed by atoms with Crippen molar-refractivity contribution in [2.45, 2.75) is 4.90 Å². The van der Waals surface area contributed by atoms with Crippen LogP contribution in [0.1, 0.15) is 10.4 Å². The number of carbonyl (C=O) groups excluding carboxylic acids is 1. The fourth-order valence-electron chi connectivity index (χ4n) is 3.72. The van der Waals surface area contributed by atoms with E-state index >= 15 is 0 Å². The second-order valence-corrected chi connectivity index (χ2v) is 10.4. The second kappa shape index (κ2) is 9.94. The maximum Gasteiger partial charge on any atom is 0.255 e. The second-order valence-electron chi connectivity index (χ2n) is 7.55. The molecule has 0 aliphatic carbocycles. The van der Waals surface area contributed by atoms with Gasteiger partial charge in [0.1, 0.15) is 5.75 Å². The molecule has 3 aromatic rings. The average molecular weight is 530 g/mol. The van der Waals surface area contributed by atoms with Crippen LogP contribution in [0.15, 0.2) is 82.2 Å². The zero-order chi connectivity index (χ0) is 23.4. The summed E-state index contributed by atoms with van der Waals surface area (Å²) in [5, 5.41) is 2.79. The van der Waals surface area contributed by atoms with Crippen molar-refractivity contribution in [3.63, 3.8) is 0 Å². The number of anilines is 2. The number of methoxy groups -OCH3 is 1. The molecule has 4 rings (SSSR count). The summed E-state index contributed by atoms with van der Waals surface area (Å²) in [5.41, 5.74) is 2.01. The Morgan fingerprint density at radius 3 is 2.18 bits per heavy atom. The average Bonchev–Trinajstić information content (AvgIpc) is 2.85. The normalized spacial score (nSPS) is 14.7. The van der Waals surface area contributed by atoms with Gasteiger partial charge in [0.2, 0.25) is 10.0 Å². The molecule has 1 fully saturated rings. The van der Waals surface area contributed by atoms with Gasteiger partial charge in [0.15, 0.2) is 0 Å². The van der Waals surface area contributed by atoms with Crippen LogP contribution in [0.4, 0.5) is 11.4 Å². The fraction of sp³-hybridized carbons (Fsp3) is 0.208. The number of para-hydroxylation sites is 2. The number of halogens is 1. The van der Waals surface area contributed by atoms with E-state index in [1.54, 1.807) is 43.5 Å². The Labute approximate surface area is 202 Å². The van der Waals surface area contributed by atoms with Gasteiger partial charge in [-0.15, -0.1) is 0 Å². The van der Waals surface area contributed by atoms with Crippen LogP contribution < -0.4 is 15.0 Å². The highest BCUT2D eigenvalue weighted by molar-refractivity contribution is 9.10. The van der Waals surface area contributed by atoms with Gasteiger partial charge in [-0.2, -0.15) is 4.31 Å². The Morgan fingerprint density at radius 1 is 0.909 bits per heavy atom. The number of hydrogen-bond donors (Lipinski definition) is 1. The largest absolute Gasteiger partial charge is 0.495 e. The zero-order valence-electron chi connectivity index (χ0n) is 18.1. The first kappa shape index (κ1) is 23.3. The van der Waals surface area contributed by atoms with E-state index in [9.17, 15) is 13.2 Å². The van der Waals surface area contributed by atoms with Crippen molar-refractivity contribution in [1.82, 2.24) is 4.31 Å². The number of rotatable bonds is 6. The highest BCUT2D eigenvalue weighted by Crippen LogP contribution is 2.29. The molecular weight excluding hydrogens is 506 g/mol. The third-order valence-electron chi connectivity index (χ3n) is 5.52. The third kappa shape index (κ3) is 5.21.